The highest BCUT2D eigenvalue weighted by molar-refractivity contribution is 7.99. The number of aromatic nitrogens is 2. The number of methoxy groups -OCH3 is 3. The van der Waals surface area contributed by atoms with Crippen molar-refractivity contribution in [2.45, 2.75) is 17.9 Å². The Hall–Kier alpha value is -2.69. The Labute approximate surface area is 163 Å². The molecule has 0 aliphatic heterocycles. The summed E-state index contributed by atoms with van der Waals surface area (Å²) in [7, 11) is 4.44. The Morgan fingerprint density at radius 3 is 2.32 bits per heavy atom. The maximum Gasteiger partial charge on any atom is 0.433 e. The number of halogens is 3. The predicted octanol–water partition coefficient (Wildman–Crippen LogP) is 2.93. The molecule has 0 radical (unpaired) electrons. The minimum absolute atomic E-state index is 0.127. The zero-order valence-corrected chi connectivity index (χ0v) is 16.1. The van der Waals surface area contributed by atoms with E-state index in [2.05, 4.69) is 15.3 Å². The van der Waals surface area contributed by atoms with E-state index in [1.807, 2.05) is 0 Å². The largest absolute Gasteiger partial charge is 0.493 e. The first-order valence-corrected chi connectivity index (χ1v) is 8.85. The van der Waals surface area contributed by atoms with Crippen molar-refractivity contribution < 1.29 is 32.2 Å². The van der Waals surface area contributed by atoms with E-state index in [0.29, 0.717) is 22.8 Å². The first-order valence-electron chi connectivity index (χ1n) is 7.87. The van der Waals surface area contributed by atoms with Gasteiger partial charge in [-0.25, -0.2) is 9.97 Å². The van der Waals surface area contributed by atoms with Gasteiger partial charge in [0.25, 0.3) is 0 Å². The molecule has 1 aromatic heterocycles. The van der Waals surface area contributed by atoms with Crippen molar-refractivity contribution in [1.82, 2.24) is 15.3 Å². The summed E-state index contributed by atoms with van der Waals surface area (Å²) in [6.45, 7) is 0.166. The fraction of sp³-hybridized carbons (Fsp3) is 0.353. The molecule has 0 bridgehead atoms. The molecule has 28 heavy (non-hydrogen) atoms. The fourth-order valence-corrected chi connectivity index (χ4v) is 2.85. The average molecular weight is 417 g/mol. The average Bonchev–Trinajstić information content (AvgIpc) is 2.69. The second-order valence-electron chi connectivity index (χ2n) is 5.32. The van der Waals surface area contributed by atoms with E-state index in [4.69, 9.17) is 14.2 Å². The molecule has 1 heterocycles. The number of amides is 1. The number of ether oxygens (including phenoxy) is 3. The fourth-order valence-electron chi connectivity index (χ4n) is 2.19. The normalized spacial score (nSPS) is 11.1. The SMILES string of the molecule is COc1cc(CNC(=O)CSc2nccc(C(F)(F)F)n2)cc(OC)c1OC. The van der Waals surface area contributed by atoms with Gasteiger partial charge in [-0.15, -0.1) is 0 Å². The van der Waals surface area contributed by atoms with Gasteiger partial charge < -0.3 is 19.5 Å². The molecular formula is C17H18F3N3O4S. The van der Waals surface area contributed by atoms with Crippen LogP contribution in [0.4, 0.5) is 13.2 Å². The van der Waals surface area contributed by atoms with Crippen LogP contribution in [0.15, 0.2) is 29.6 Å². The van der Waals surface area contributed by atoms with Crippen LogP contribution in [0.3, 0.4) is 0 Å². The molecular weight excluding hydrogens is 399 g/mol. The second-order valence-corrected chi connectivity index (χ2v) is 6.26. The molecule has 0 saturated heterocycles. The molecule has 0 aliphatic carbocycles. The van der Waals surface area contributed by atoms with E-state index >= 15 is 0 Å². The lowest BCUT2D eigenvalue weighted by molar-refractivity contribution is -0.141. The molecule has 152 valence electrons. The number of hydrogen-bond acceptors (Lipinski definition) is 7. The van der Waals surface area contributed by atoms with Gasteiger partial charge >= 0.3 is 6.18 Å². The van der Waals surface area contributed by atoms with Crippen LogP contribution in [0.1, 0.15) is 11.3 Å². The number of alkyl halides is 3. The van der Waals surface area contributed by atoms with Gasteiger partial charge in [-0.2, -0.15) is 13.2 Å². The van der Waals surface area contributed by atoms with Crippen LogP contribution >= 0.6 is 11.8 Å². The summed E-state index contributed by atoms with van der Waals surface area (Å²) < 4.78 is 53.6. The van der Waals surface area contributed by atoms with Gasteiger partial charge in [0.1, 0.15) is 5.69 Å². The molecule has 2 rings (SSSR count). The van der Waals surface area contributed by atoms with Crippen LogP contribution in [0.5, 0.6) is 17.2 Å². The lowest BCUT2D eigenvalue weighted by atomic mass is 10.2. The minimum atomic E-state index is -4.56. The molecule has 0 saturated carbocycles. The second kappa shape index (κ2) is 9.49. The zero-order chi connectivity index (χ0) is 20.7. The maximum absolute atomic E-state index is 12.6. The molecule has 11 heteroatoms. The first kappa shape index (κ1) is 21.6. The van der Waals surface area contributed by atoms with Gasteiger partial charge in [0, 0.05) is 12.7 Å². The highest BCUT2D eigenvalue weighted by Crippen LogP contribution is 2.38. The van der Waals surface area contributed by atoms with E-state index in [1.54, 1.807) is 12.1 Å². The molecule has 0 atom stereocenters. The van der Waals surface area contributed by atoms with Gasteiger partial charge in [0.2, 0.25) is 11.7 Å². The predicted molar refractivity (Wildman–Crippen MR) is 95.7 cm³/mol. The maximum atomic E-state index is 12.6. The number of hydrogen-bond donors (Lipinski definition) is 1. The lowest BCUT2D eigenvalue weighted by Gasteiger charge is -2.14. The summed E-state index contributed by atoms with van der Waals surface area (Å²) in [5.74, 6) is 0.791. The van der Waals surface area contributed by atoms with Gasteiger partial charge in [0.15, 0.2) is 16.7 Å². The highest BCUT2D eigenvalue weighted by Gasteiger charge is 2.32. The van der Waals surface area contributed by atoms with Crippen molar-refractivity contribution in [2.24, 2.45) is 0 Å². The highest BCUT2D eigenvalue weighted by atomic mass is 32.2. The summed E-state index contributed by atoms with van der Waals surface area (Å²) in [5, 5.41) is 2.54. The third-order valence-corrected chi connectivity index (χ3v) is 4.33. The van der Waals surface area contributed by atoms with Crippen molar-refractivity contribution in [3.63, 3.8) is 0 Å². The summed E-state index contributed by atoms with van der Waals surface area (Å²) in [6.07, 6.45) is -3.56. The van der Waals surface area contributed by atoms with Crippen LogP contribution < -0.4 is 19.5 Å². The van der Waals surface area contributed by atoms with Crippen LogP contribution in [0, 0.1) is 0 Å². The van der Waals surface area contributed by atoms with Crippen molar-refractivity contribution in [3.8, 4) is 17.2 Å². The van der Waals surface area contributed by atoms with Crippen LogP contribution in [0.2, 0.25) is 0 Å². The zero-order valence-electron chi connectivity index (χ0n) is 15.3. The molecule has 0 fully saturated rings. The molecule has 0 unspecified atom stereocenters. The Morgan fingerprint density at radius 1 is 1.14 bits per heavy atom. The van der Waals surface area contributed by atoms with E-state index in [9.17, 15) is 18.0 Å². The Balaban J connectivity index is 1.96. The van der Waals surface area contributed by atoms with Gasteiger partial charge in [-0.05, 0) is 23.8 Å². The minimum Gasteiger partial charge on any atom is -0.493 e. The van der Waals surface area contributed by atoms with Crippen molar-refractivity contribution in [1.29, 1.82) is 0 Å². The molecule has 1 N–H and O–H groups in total. The van der Waals surface area contributed by atoms with Gasteiger partial charge in [0.05, 0.1) is 27.1 Å². The van der Waals surface area contributed by atoms with E-state index < -0.39 is 11.9 Å². The van der Waals surface area contributed by atoms with E-state index in [0.717, 1.165) is 24.0 Å². The smallest absolute Gasteiger partial charge is 0.433 e. The monoisotopic (exact) mass is 417 g/mol. The lowest BCUT2D eigenvalue weighted by Crippen LogP contribution is -2.24. The summed E-state index contributed by atoms with van der Waals surface area (Å²) in [6, 6.07) is 4.14. The summed E-state index contributed by atoms with van der Waals surface area (Å²) >= 11 is 0.812. The molecule has 2 aromatic rings. The topological polar surface area (TPSA) is 82.6 Å². The number of thioether (sulfide) groups is 1. The Bertz CT molecular complexity index is 809. The van der Waals surface area contributed by atoms with Crippen molar-refractivity contribution in [3.05, 3.63) is 35.7 Å². The quantitative estimate of drug-likeness (QED) is 0.522. The van der Waals surface area contributed by atoms with E-state index in [1.165, 1.54) is 21.3 Å². The van der Waals surface area contributed by atoms with E-state index in [-0.39, 0.29) is 23.4 Å². The number of nitrogens with one attached hydrogen (secondary N) is 1. The van der Waals surface area contributed by atoms with Crippen LogP contribution in [-0.4, -0.2) is 43.0 Å². The molecule has 0 aliphatic rings. The van der Waals surface area contributed by atoms with Crippen LogP contribution in [0.25, 0.3) is 0 Å². The third-order valence-electron chi connectivity index (χ3n) is 3.47. The first-order chi connectivity index (χ1) is 13.3. The number of rotatable bonds is 8. The molecule has 0 spiro atoms. The third kappa shape index (κ3) is 5.65. The van der Waals surface area contributed by atoms with Gasteiger partial charge in [-0.1, -0.05) is 11.8 Å². The Morgan fingerprint density at radius 2 is 1.79 bits per heavy atom. The molecule has 1 aromatic carbocycles. The number of benzene rings is 1. The summed E-state index contributed by atoms with van der Waals surface area (Å²) in [5.41, 5.74) is -0.356. The molecule has 7 nitrogen and oxygen atoms in total. The molecule has 1 amide bonds. The van der Waals surface area contributed by atoms with Crippen LogP contribution in [-0.2, 0) is 17.5 Å². The number of nitrogens with zero attached hydrogens (tertiary/aromatic N) is 2. The number of carbonyl (C=O) groups is 1. The number of carbonyl (C=O) groups excluding carboxylic acids is 1. The summed E-state index contributed by atoms with van der Waals surface area (Å²) in [4.78, 5) is 19.1. The standard InChI is InChI=1S/C17H18F3N3O4S/c1-25-11-6-10(7-12(26-2)15(11)27-3)8-22-14(24)9-28-16-21-5-4-13(23-16)17(18,19)20/h4-7H,8-9H2,1-3H3,(H,22,24). The van der Waals surface area contributed by atoms with Crippen molar-refractivity contribution in [2.75, 3.05) is 27.1 Å². The van der Waals surface area contributed by atoms with Gasteiger partial charge in [-0.3, -0.25) is 4.79 Å². The Kier molecular flexibility index (Phi) is 7.32. The van der Waals surface area contributed by atoms with Crippen molar-refractivity contribution >= 4 is 17.7 Å².